The Morgan fingerprint density at radius 1 is 1.22 bits per heavy atom. The van der Waals surface area contributed by atoms with Crippen molar-refractivity contribution in [3.63, 3.8) is 0 Å². The van der Waals surface area contributed by atoms with E-state index in [-0.39, 0.29) is 12.1 Å². The van der Waals surface area contributed by atoms with E-state index in [0.29, 0.717) is 42.2 Å². The maximum absolute atomic E-state index is 11.9. The molecule has 1 unspecified atom stereocenters. The molecule has 0 saturated carbocycles. The standard InChI is InChI=1S/C17H25ClN2O3/c1-11(2)4-5-12(3)20-17(21)19-10-13-8-14(18)16-15(9-13)22-6-7-23-16/h8-9,11-12H,4-7,10H2,1-3H3,(H2,19,20,21). The zero-order valence-electron chi connectivity index (χ0n) is 13.9. The number of amides is 2. The normalized spacial score (nSPS) is 14.5. The molecule has 1 aromatic carbocycles. The first-order chi connectivity index (χ1) is 11.0. The quantitative estimate of drug-likeness (QED) is 0.829. The summed E-state index contributed by atoms with van der Waals surface area (Å²) in [7, 11) is 0. The van der Waals surface area contributed by atoms with Gasteiger partial charge in [-0.1, -0.05) is 25.4 Å². The molecule has 1 aromatic rings. The zero-order chi connectivity index (χ0) is 16.8. The Morgan fingerprint density at radius 3 is 2.70 bits per heavy atom. The fourth-order valence-electron chi connectivity index (χ4n) is 2.38. The SMILES string of the molecule is CC(C)CCC(C)NC(=O)NCc1cc(Cl)c2c(c1)OCCO2. The van der Waals surface area contributed by atoms with Gasteiger partial charge in [0.25, 0.3) is 0 Å². The molecular weight excluding hydrogens is 316 g/mol. The van der Waals surface area contributed by atoms with E-state index in [2.05, 4.69) is 24.5 Å². The summed E-state index contributed by atoms with van der Waals surface area (Å²) in [4.78, 5) is 11.9. The van der Waals surface area contributed by atoms with Gasteiger partial charge >= 0.3 is 6.03 Å². The third-order valence-electron chi connectivity index (χ3n) is 3.66. The van der Waals surface area contributed by atoms with Gasteiger partial charge in [0.05, 0.1) is 5.02 Å². The summed E-state index contributed by atoms with van der Waals surface area (Å²) in [5.41, 5.74) is 0.879. The van der Waals surface area contributed by atoms with Gasteiger partial charge in [0.2, 0.25) is 0 Å². The Kier molecular flexibility index (Phi) is 6.39. The number of urea groups is 1. The highest BCUT2D eigenvalue weighted by molar-refractivity contribution is 6.32. The summed E-state index contributed by atoms with van der Waals surface area (Å²) in [6.07, 6.45) is 2.07. The van der Waals surface area contributed by atoms with Crippen LogP contribution in [0.1, 0.15) is 39.2 Å². The van der Waals surface area contributed by atoms with Gasteiger partial charge in [-0.2, -0.15) is 0 Å². The van der Waals surface area contributed by atoms with Gasteiger partial charge in [0.15, 0.2) is 11.5 Å². The molecule has 0 aliphatic carbocycles. The summed E-state index contributed by atoms with van der Waals surface area (Å²) in [5.74, 6) is 1.85. The second-order valence-corrected chi connectivity index (χ2v) is 6.71. The van der Waals surface area contributed by atoms with Gasteiger partial charge in [0.1, 0.15) is 13.2 Å². The van der Waals surface area contributed by atoms with Crippen LogP contribution in [-0.2, 0) is 6.54 Å². The monoisotopic (exact) mass is 340 g/mol. The predicted molar refractivity (Wildman–Crippen MR) is 91.3 cm³/mol. The van der Waals surface area contributed by atoms with Gasteiger partial charge in [-0.15, -0.1) is 0 Å². The van der Waals surface area contributed by atoms with Crippen molar-refractivity contribution in [2.45, 2.75) is 46.2 Å². The number of hydrogen-bond donors (Lipinski definition) is 2. The highest BCUT2D eigenvalue weighted by Gasteiger charge is 2.17. The number of rotatable bonds is 6. The Bertz CT molecular complexity index is 549. The van der Waals surface area contributed by atoms with Crippen LogP contribution in [0.4, 0.5) is 4.79 Å². The van der Waals surface area contributed by atoms with Crippen LogP contribution in [0.5, 0.6) is 11.5 Å². The van der Waals surface area contributed by atoms with E-state index in [1.54, 1.807) is 6.07 Å². The average molecular weight is 341 g/mol. The van der Waals surface area contributed by atoms with Crippen molar-refractivity contribution in [1.29, 1.82) is 0 Å². The highest BCUT2D eigenvalue weighted by atomic mass is 35.5. The molecule has 1 heterocycles. The van der Waals surface area contributed by atoms with Crippen molar-refractivity contribution in [3.8, 4) is 11.5 Å². The zero-order valence-corrected chi connectivity index (χ0v) is 14.7. The number of fused-ring (bicyclic) bond motifs is 1. The van der Waals surface area contributed by atoms with Gasteiger partial charge in [0, 0.05) is 12.6 Å². The molecule has 2 amide bonds. The van der Waals surface area contributed by atoms with Crippen LogP contribution < -0.4 is 20.1 Å². The lowest BCUT2D eigenvalue weighted by molar-refractivity contribution is 0.171. The van der Waals surface area contributed by atoms with E-state index < -0.39 is 0 Å². The van der Waals surface area contributed by atoms with Crippen molar-refractivity contribution in [3.05, 3.63) is 22.7 Å². The van der Waals surface area contributed by atoms with Crippen molar-refractivity contribution < 1.29 is 14.3 Å². The van der Waals surface area contributed by atoms with Crippen LogP contribution >= 0.6 is 11.6 Å². The fraction of sp³-hybridized carbons (Fsp3) is 0.588. The minimum Gasteiger partial charge on any atom is -0.486 e. The third kappa shape index (κ3) is 5.50. The van der Waals surface area contributed by atoms with Crippen molar-refractivity contribution in [2.75, 3.05) is 13.2 Å². The molecule has 0 saturated heterocycles. The highest BCUT2D eigenvalue weighted by Crippen LogP contribution is 2.38. The first-order valence-electron chi connectivity index (χ1n) is 8.08. The van der Waals surface area contributed by atoms with Gasteiger partial charge in [-0.05, 0) is 43.4 Å². The maximum Gasteiger partial charge on any atom is 0.315 e. The van der Waals surface area contributed by atoms with Crippen molar-refractivity contribution in [2.24, 2.45) is 5.92 Å². The van der Waals surface area contributed by atoms with Crippen LogP contribution in [0.2, 0.25) is 5.02 Å². The van der Waals surface area contributed by atoms with Crippen molar-refractivity contribution >= 4 is 17.6 Å². The molecule has 0 spiro atoms. The molecular formula is C17H25ClN2O3. The molecule has 1 atom stereocenters. The first kappa shape index (κ1) is 17.7. The number of nitrogens with one attached hydrogen (secondary N) is 2. The third-order valence-corrected chi connectivity index (χ3v) is 3.94. The largest absolute Gasteiger partial charge is 0.486 e. The Hall–Kier alpha value is -1.62. The summed E-state index contributed by atoms with van der Waals surface area (Å²) in [6, 6.07) is 3.62. The molecule has 0 radical (unpaired) electrons. The Labute approximate surface area is 142 Å². The summed E-state index contributed by atoms with van der Waals surface area (Å²) < 4.78 is 11.0. The number of hydrogen-bond acceptors (Lipinski definition) is 3. The van der Waals surface area contributed by atoms with E-state index in [0.717, 1.165) is 18.4 Å². The number of benzene rings is 1. The first-order valence-corrected chi connectivity index (χ1v) is 8.46. The van der Waals surface area contributed by atoms with Crippen LogP contribution in [0.25, 0.3) is 0 Å². The number of halogens is 1. The van der Waals surface area contributed by atoms with Gasteiger partial charge < -0.3 is 20.1 Å². The molecule has 2 N–H and O–H groups in total. The second kappa shape index (κ2) is 8.29. The molecule has 1 aliphatic heterocycles. The lowest BCUT2D eigenvalue weighted by Crippen LogP contribution is -2.40. The lowest BCUT2D eigenvalue weighted by atomic mass is 10.0. The second-order valence-electron chi connectivity index (χ2n) is 6.30. The molecule has 6 heteroatoms. The molecule has 128 valence electrons. The fourth-order valence-corrected chi connectivity index (χ4v) is 2.67. The molecule has 23 heavy (non-hydrogen) atoms. The minimum atomic E-state index is -0.174. The maximum atomic E-state index is 11.9. The van der Waals surface area contributed by atoms with Crippen LogP contribution in [0.3, 0.4) is 0 Å². The van der Waals surface area contributed by atoms with Gasteiger partial charge in [-0.25, -0.2) is 4.79 Å². The van der Waals surface area contributed by atoms with Crippen LogP contribution in [-0.4, -0.2) is 25.3 Å². The number of carbonyl (C=O) groups excluding carboxylic acids is 1. The van der Waals surface area contributed by atoms with E-state index in [9.17, 15) is 4.79 Å². The number of ether oxygens (including phenoxy) is 2. The van der Waals surface area contributed by atoms with Crippen LogP contribution in [0, 0.1) is 5.92 Å². The molecule has 2 rings (SSSR count). The average Bonchev–Trinajstić information content (AvgIpc) is 2.51. The Morgan fingerprint density at radius 2 is 1.96 bits per heavy atom. The molecule has 1 aliphatic rings. The molecule has 0 fully saturated rings. The van der Waals surface area contributed by atoms with Crippen molar-refractivity contribution in [1.82, 2.24) is 10.6 Å². The molecule has 0 bridgehead atoms. The van der Waals surface area contributed by atoms with E-state index >= 15 is 0 Å². The van der Waals surface area contributed by atoms with E-state index in [1.165, 1.54) is 0 Å². The number of carbonyl (C=O) groups is 1. The smallest absolute Gasteiger partial charge is 0.315 e. The molecule has 5 nitrogen and oxygen atoms in total. The lowest BCUT2D eigenvalue weighted by Gasteiger charge is -2.20. The summed E-state index contributed by atoms with van der Waals surface area (Å²) in [5, 5.41) is 6.29. The predicted octanol–water partition coefficient (Wildman–Crippen LogP) is 3.74. The van der Waals surface area contributed by atoms with E-state index in [4.69, 9.17) is 21.1 Å². The van der Waals surface area contributed by atoms with E-state index in [1.807, 2.05) is 13.0 Å². The summed E-state index contributed by atoms with van der Waals surface area (Å²) in [6.45, 7) is 7.77. The molecule has 0 aromatic heterocycles. The summed E-state index contributed by atoms with van der Waals surface area (Å²) >= 11 is 6.18. The minimum absolute atomic E-state index is 0.154. The topological polar surface area (TPSA) is 59.6 Å². The van der Waals surface area contributed by atoms with Crippen LogP contribution in [0.15, 0.2) is 12.1 Å². The van der Waals surface area contributed by atoms with Gasteiger partial charge in [-0.3, -0.25) is 0 Å². The Balaban J connectivity index is 1.83.